The maximum atomic E-state index is 12.2. The van der Waals surface area contributed by atoms with Crippen LogP contribution in [0.5, 0.6) is 0 Å². The fourth-order valence-electron chi connectivity index (χ4n) is 2.43. The van der Waals surface area contributed by atoms with Crippen molar-refractivity contribution in [2.24, 2.45) is 0 Å². The van der Waals surface area contributed by atoms with Crippen LogP contribution in [-0.2, 0) is 14.6 Å². The molecule has 0 radical (unpaired) electrons. The monoisotopic (exact) mass is 361 g/mol. The Bertz CT molecular complexity index is 803. The molecule has 2 rings (SSSR count). The minimum Gasteiger partial charge on any atom is -0.374 e. The lowest BCUT2D eigenvalue weighted by atomic mass is 10.1. The number of sulfone groups is 1. The molecule has 1 atom stereocenters. The Labute approximate surface area is 148 Å². The van der Waals surface area contributed by atoms with Gasteiger partial charge in [-0.2, -0.15) is 0 Å². The molecule has 25 heavy (non-hydrogen) atoms. The van der Waals surface area contributed by atoms with E-state index >= 15 is 0 Å². The minimum atomic E-state index is -3.44. The second kappa shape index (κ2) is 8.78. The first-order valence-corrected chi connectivity index (χ1v) is 10.0. The van der Waals surface area contributed by atoms with Crippen LogP contribution in [0.2, 0.25) is 0 Å². The summed E-state index contributed by atoms with van der Waals surface area (Å²) in [5.41, 5.74) is 1.28. The molecule has 0 aliphatic rings. The van der Waals surface area contributed by atoms with Crippen molar-refractivity contribution in [3.8, 4) is 0 Å². The minimum absolute atomic E-state index is 0.0112. The molecular formula is C19H23NO4S. The van der Waals surface area contributed by atoms with E-state index in [9.17, 15) is 13.2 Å². The van der Waals surface area contributed by atoms with E-state index < -0.39 is 15.7 Å². The molecule has 0 bridgehead atoms. The summed E-state index contributed by atoms with van der Waals surface area (Å²) in [7, 11) is -3.44. The van der Waals surface area contributed by atoms with Gasteiger partial charge in [0.25, 0.3) is 5.91 Å². The van der Waals surface area contributed by atoms with Crippen LogP contribution in [0.4, 0.5) is 0 Å². The number of hydrogen-bond donors (Lipinski definition) is 1. The molecule has 0 saturated heterocycles. The first-order chi connectivity index (χ1) is 11.9. The summed E-state index contributed by atoms with van der Waals surface area (Å²) in [6.07, 6.45) is 1.73. The third-order valence-corrected chi connectivity index (χ3v) is 4.93. The van der Waals surface area contributed by atoms with Gasteiger partial charge >= 0.3 is 0 Å². The van der Waals surface area contributed by atoms with Crippen LogP contribution in [0, 0.1) is 0 Å². The predicted molar refractivity (Wildman–Crippen MR) is 97.3 cm³/mol. The molecule has 0 heterocycles. The van der Waals surface area contributed by atoms with E-state index in [-0.39, 0.29) is 16.6 Å². The van der Waals surface area contributed by atoms with Gasteiger partial charge in [-0.3, -0.25) is 4.79 Å². The number of rotatable bonds is 8. The third-order valence-electron chi connectivity index (χ3n) is 3.77. The summed E-state index contributed by atoms with van der Waals surface area (Å²) < 4.78 is 29.2. The average Bonchev–Trinajstić information content (AvgIpc) is 2.61. The smallest absolute Gasteiger partial charge is 0.252 e. The highest BCUT2D eigenvalue weighted by atomic mass is 32.2. The van der Waals surface area contributed by atoms with Crippen LogP contribution >= 0.6 is 0 Å². The number of hydrogen-bond acceptors (Lipinski definition) is 4. The van der Waals surface area contributed by atoms with Gasteiger partial charge in [-0.15, -0.1) is 0 Å². The fraction of sp³-hybridized carbons (Fsp3) is 0.316. The van der Waals surface area contributed by atoms with E-state index in [4.69, 9.17) is 4.74 Å². The summed E-state index contributed by atoms with van der Waals surface area (Å²) in [4.78, 5) is 12.3. The fourth-order valence-corrected chi connectivity index (χ4v) is 3.31. The SMILES string of the molecule is CC(OCCCNC(=O)c1ccccc1S(C)(=O)=O)c1ccccc1. The predicted octanol–water partition coefficient (Wildman–Crippen LogP) is 2.99. The Balaban J connectivity index is 1.80. The molecule has 1 amide bonds. The van der Waals surface area contributed by atoms with Gasteiger partial charge < -0.3 is 10.1 Å². The normalized spacial score (nSPS) is 12.6. The van der Waals surface area contributed by atoms with Gasteiger partial charge in [-0.05, 0) is 31.0 Å². The molecule has 134 valence electrons. The van der Waals surface area contributed by atoms with Crippen LogP contribution in [0.15, 0.2) is 59.5 Å². The lowest BCUT2D eigenvalue weighted by Gasteiger charge is -2.13. The van der Waals surface area contributed by atoms with Gasteiger partial charge in [0.2, 0.25) is 0 Å². The Morgan fingerprint density at radius 2 is 1.72 bits per heavy atom. The maximum absolute atomic E-state index is 12.2. The lowest BCUT2D eigenvalue weighted by molar-refractivity contribution is 0.0634. The number of benzene rings is 2. The Kier molecular flexibility index (Phi) is 6.73. The third kappa shape index (κ3) is 5.69. The van der Waals surface area contributed by atoms with E-state index in [0.29, 0.717) is 19.6 Å². The molecule has 0 aliphatic carbocycles. The highest BCUT2D eigenvalue weighted by molar-refractivity contribution is 7.90. The van der Waals surface area contributed by atoms with Crippen molar-refractivity contribution in [3.05, 3.63) is 65.7 Å². The van der Waals surface area contributed by atoms with E-state index in [1.54, 1.807) is 12.1 Å². The lowest BCUT2D eigenvalue weighted by Crippen LogP contribution is -2.26. The summed E-state index contributed by atoms with van der Waals surface area (Å²) in [5.74, 6) is -0.392. The van der Waals surface area contributed by atoms with Crippen molar-refractivity contribution in [3.63, 3.8) is 0 Å². The van der Waals surface area contributed by atoms with Crippen molar-refractivity contribution in [1.82, 2.24) is 5.32 Å². The van der Waals surface area contributed by atoms with Crippen LogP contribution < -0.4 is 5.32 Å². The number of carbonyl (C=O) groups is 1. The highest BCUT2D eigenvalue weighted by Crippen LogP contribution is 2.16. The zero-order valence-corrected chi connectivity index (χ0v) is 15.3. The quantitative estimate of drug-likeness (QED) is 0.734. The van der Waals surface area contributed by atoms with Gasteiger partial charge in [-0.25, -0.2) is 8.42 Å². The number of nitrogens with one attached hydrogen (secondary N) is 1. The summed E-state index contributed by atoms with van der Waals surface area (Å²) in [6, 6.07) is 16.1. The van der Waals surface area contributed by atoms with Gasteiger partial charge in [0, 0.05) is 19.4 Å². The van der Waals surface area contributed by atoms with Gasteiger partial charge in [-0.1, -0.05) is 42.5 Å². The Hall–Kier alpha value is -2.18. The molecule has 2 aromatic rings. The molecule has 0 spiro atoms. The molecule has 1 unspecified atom stereocenters. The molecule has 1 N–H and O–H groups in total. The number of amides is 1. The second-order valence-electron chi connectivity index (χ2n) is 5.80. The topological polar surface area (TPSA) is 72.5 Å². The summed E-state index contributed by atoms with van der Waals surface area (Å²) in [5, 5.41) is 2.74. The summed E-state index contributed by atoms with van der Waals surface area (Å²) >= 11 is 0. The van der Waals surface area contributed by atoms with Crippen molar-refractivity contribution in [2.45, 2.75) is 24.3 Å². The van der Waals surface area contributed by atoms with Crippen molar-refractivity contribution in [2.75, 3.05) is 19.4 Å². The number of carbonyl (C=O) groups excluding carboxylic acids is 1. The van der Waals surface area contributed by atoms with Crippen molar-refractivity contribution < 1.29 is 17.9 Å². The largest absolute Gasteiger partial charge is 0.374 e. The standard InChI is InChI=1S/C19H23NO4S/c1-15(16-9-4-3-5-10-16)24-14-8-13-20-19(21)17-11-6-7-12-18(17)25(2,22)23/h3-7,9-12,15H,8,13-14H2,1-2H3,(H,20,21). The van der Waals surface area contributed by atoms with Gasteiger partial charge in [0.05, 0.1) is 16.6 Å². The molecule has 2 aromatic carbocycles. The molecule has 0 aliphatic heterocycles. The van der Waals surface area contributed by atoms with Crippen LogP contribution in [0.1, 0.15) is 35.4 Å². The molecular weight excluding hydrogens is 338 g/mol. The van der Waals surface area contributed by atoms with E-state index in [2.05, 4.69) is 5.32 Å². The zero-order valence-electron chi connectivity index (χ0n) is 14.4. The first-order valence-electron chi connectivity index (χ1n) is 8.13. The molecule has 0 aromatic heterocycles. The Morgan fingerprint density at radius 1 is 1.08 bits per heavy atom. The highest BCUT2D eigenvalue weighted by Gasteiger charge is 2.17. The molecule has 6 heteroatoms. The Morgan fingerprint density at radius 3 is 2.40 bits per heavy atom. The number of ether oxygens (including phenoxy) is 1. The van der Waals surface area contributed by atoms with Crippen molar-refractivity contribution in [1.29, 1.82) is 0 Å². The van der Waals surface area contributed by atoms with E-state index in [0.717, 1.165) is 11.8 Å². The van der Waals surface area contributed by atoms with Gasteiger partial charge in [0.15, 0.2) is 9.84 Å². The molecule has 0 fully saturated rings. The van der Waals surface area contributed by atoms with Crippen LogP contribution in [-0.4, -0.2) is 33.7 Å². The second-order valence-corrected chi connectivity index (χ2v) is 7.79. The maximum Gasteiger partial charge on any atom is 0.252 e. The van der Waals surface area contributed by atoms with Crippen LogP contribution in [0.25, 0.3) is 0 Å². The van der Waals surface area contributed by atoms with E-state index in [1.165, 1.54) is 12.1 Å². The molecule has 0 saturated carbocycles. The van der Waals surface area contributed by atoms with Gasteiger partial charge in [0.1, 0.15) is 0 Å². The van der Waals surface area contributed by atoms with Crippen molar-refractivity contribution >= 4 is 15.7 Å². The molecule has 5 nitrogen and oxygen atoms in total. The van der Waals surface area contributed by atoms with E-state index in [1.807, 2.05) is 37.3 Å². The summed E-state index contributed by atoms with van der Waals surface area (Å²) in [6.45, 7) is 2.90. The van der Waals surface area contributed by atoms with Crippen LogP contribution in [0.3, 0.4) is 0 Å². The average molecular weight is 361 g/mol. The first kappa shape index (κ1) is 19.1. The zero-order chi connectivity index (χ0) is 18.3.